The van der Waals surface area contributed by atoms with Gasteiger partial charge in [0, 0.05) is 24.0 Å². The fourth-order valence-electron chi connectivity index (χ4n) is 5.19. The summed E-state index contributed by atoms with van der Waals surface area (Å²) >= 11 is 6.17. The second-order valence-electron chi connectivity index (χ2n) is 11.5. The average molecular weight is 660 g/mol. The normalized spacial score (nSPS) is 12.6. The number of nitrogens with zero attached hydrogens (tertiary/aromatic N) is 2. The molecule has 0 aliphatic rings. The van der Waals surface area contributed by atoms with Crippen molar-refractivity contribution in [2.75, 3.05) is 10.8 Å². The van der Waals surface area contributed by atoms with Crippen LogP contribution in [-0.2, 0) is 39.0 Å². The van der Waals surface area contributed by atoms with Gasteiger partial charge >= 0.3 is 0 Å². The minimum absolute atomic E-state index is 0.0786. The van der Waals surface area contributed by atoms with Crippen molar-refractivity contribution in [1.82, 2.24) is 10.2 Å². The van der Waals surface area contributed by atoms with E-state index in [0.29, 0.717) is 23.6 Å². The van der Waals surface area contributed by atoms with Crippen molar-refractivity contribution in [3.8, 4) is 0 Å². The van der Waals surface area contributed by atoms with Crippen LogP contribution in [0.5, 0.6) is 0 Å². The molecular weight excluding hydrogens is 618 g/mol. The smallest absolute Gasteiger partial charge is 0.264 e. The molecule has 0 radical (unpaired) electrons. The highest BCUT2D eigenvalue weighted by atomic mass is 35.5. The Morgan fingerprint density at radius 2 is 1.46 bits per heavy atom. The highest BCUT2D eigenvalue weighted by Gasteiger charge is 2.35. The number of anilines is 1. The Hall–Kier alpha value is -4.14. The van der Waals surface area contributed by atoms with Gasteiger partial charge in [0.2, 0.25) is 11.8 Å². The third kappa shape index (κ3) is 8.77. The summed E-state index contributed by atoms with van der Waals surface area (Å²) in [5.74, 6) is -0.806. The number of hydrogen-bond donors (Lipinski definition) is 1. The number of carbonyl (C=O) groups is 2. The quantitative estimate of drug-likeness (QED) is 0.159. The van der Waals surface area contributed by atoms with Gasteiger partial charge in [-0.05, 0) is 73.7 Å². The number of hydrogen-bond acceptors (Lipinski definition) is 4. The zero-order valence-corrected chi connectivity index (χ0v) is 28.4. The van der Waals surface area contributed by atoms with E-state index >= 15 is 0 Å². The molecule has 46 heavy (non-hydrogen) atoms. The summed E-state index contributed by atoms with van der Waals surface area (Å²) in [5.41, 5.74) is 3.76. The van der Waals surface area contributed by atoms with Gasteiger partial charge in [0.15, 0.2) is 0 Å². The maximum atomic E-state index is 14.6. The molecule has 4 aromatic rings. The monoisotopic (exact) mass is 659 g/mol. The zero-order chi connectivity index (χ0) is 33.3. The zero-order valence-electron chi connectivity index (χ0n) is 26.8. The van der Waals surface area contributed by atoms with Gasteiger partial charge in [-0.3, -0.25) is 13.9 Å². The molecule has 4 aromatic carbocycles. The number of amides is 2. The van der Waals surface area contributed by atoms with E-state index < -0.39 is 28.5 Å². The van der Waals surface area contributed by atoms with Gasteiger partial charge in [0.25, 0.3) is 10.0 Å². The maximum absolute atomic E-state index is 14.6. The van der Waals surface area contributed by atoms with Gasteiger partial charge in [-0.15, -0.1) is 0 Å². The molecule has 2 atom stereocenters. The largest absolute Gasteiger partial charge is 0.352 e. The fraction of sp³-hybridized carbons (Fsp3) is 0.297. The number of aryl methyl sites for hydroxylation is 2. The van der Waals surface area contributed by atoms with Crippen LogP contribution in [0.2, 0.25) is 5.02 Å². The molecule has 0 saturated heterocycles. The third-order valence-electron chi connectivity index (χ3n) is 8.07. The number of carbonyl (C=O) groups excluding carboxylic acids is 2. The minimum Gasteiger partial charge on any atom is -0.352 e. The third-order valence-corrected chi connectivity index (χ3v) is 10.1. The SMILES string of the molecule is CCc1ccccc1N(CC(=O)N(Cc1ccc(Cl)cc1)[C@@H](Cc1ccccc1)C(=O)N[C@@H](C)CC)S(=O)(=O)c1ccc(C)cc1. The van der Waals surface area contributed by atoms with E-state index in [9.17, 15) is 18.0 Å². The molecule has 2 amide bonds. The lowest BCUT2D eigenvalue weighted by Crippen LogP contribution is -2.54. The van der Waals surface area contributed by atoms with Crippen LogP contribution in [0.1, 0.15) is 49.4 Å². The molecule has 0 saturated carbocycles. The van der Waals surface area contributed by atoms with Crippen molar-refractivity contribution in [3.63, 3.8) is 0 Å². The summed E-state index contributed by atoms with van der Waals surface area (Å²) in [5, 5.41) is 3.60. The molecule has 9 heteroatoms. The molecule has 0 unspecified atom stereocenters. The van der Waals surface area contributed by atoms with E-state index in [1.165, 1.54) is 9.21 Å². The molecule has 0 aliphatic heterocycles. The van der Waals surface area contributed by atoms with E-state index in [-0.39, 0.29) is 29.8 Å². The Balaban J connectivity index is 1.83. The van der Waals surface area contributed by atoms with Gasteiger partial charge < -0.3 is 10.2 Å². The van der Waals surface area contributed by atoms with Crippen molar-refractivity contribution < 1.29 is 18.0 Å². The summed E-state index contributed by atoms with van der Waals surface area (Å²) in [6, 6.07) is 29.3. The average Bonchev–Trinajstić information content (AvgIpc) is 3.06. The second-order valence-corrected chi connectivity index (χ2v) is 13.8. The van der Waals surface area contributed by atoms with Crippen LogP contribution in [0, 0.1) is 6.92 Å². The van der Waals surface area contributed by atoms with E-state index in [0.717, 1.165) is 22.3 Å². The van der Waals surface area contributed by atoms with Crippen molar-refractivity contribution in [2.45, 2.75) is 70.5 Å². The second kappa shape index (κ2) is 15.9. The number of para-hydroxylation sites is 1. The lowest BCUT2D eigenvalue weighted by Gasteiger charge is -2.34. The Morgan fingerprint density at radius 3 is 2.09 bits per heavy atom. The molecule has 0 aromatic heterocycles. The number of halogens is 1. The standard InChI is InChI=1S/C37H42ClN3O4S/c1-5-28(4)39-37(43)35(24-29-12-8-7-9-13-29)40(25-30-18-20-32(38)21-19-30)36(42)26-41(34-15-11-10-14-31(34)6-2)46(44,45)33-22-16-27(3)17-23-33/h7-23,28,35H,5-6,24-26H2,1-4H3,(H,39,43)/t28-,35-/m0/s1. The van der Waals surface area contributed by atoms with Gasteiger partial charge in [-0.2, -0.15) is 0 Å². The lowest BCUT2D eigenvalue weighted by atomic mass is 10.0. The number of nitrogens with one attached hydrogen (secondary N) is 1. The first kappa shape index (κ1) is 34.7. The fourth-order valence-corrected chi connectivity index (χ4v) is 6.76. The van der Waals surface area contributed by atoms with Gasteiger partial charge in [-0.1, -0.05) is 104 Å². The topological polar surface area (TPSA) is 86.8 Å². The number of sulfonamides is 1. The van der Waals surface area contributed by atoms with Crippen LogP contribution in [0.4, 0.5) is 5.69 Å². The van der Waals surface area contributed by atoms with E-state index in [1.54, 1.807) is 48.5 Å². The molecule has 0 heterocycles. The van der Waals surface area contributed by atoms with Crippen molar-refractivity contribution in [1.29, 1.82) is 0 Å². The Morgan fingerprint density at radius 1 is 0.826 bits per heavy atom. The number of rotatable bonds is 14. The van der Waals surface area contributed by atoms with Crippen LogP contribution in [0.3, 0.4) is 0 Å². The van der Waals surface area contributed by atoms with Crippen LogP contribution < -0.4 is 9.62 Å². The van der Waals surface area contributed by atoms with Crippen molar-refractivity contribution >= 4 is 39.1 Å². The van der Waals surface area contributed by atoms with Crippen LogP contribution in [0.25, 0.3) is 0 Å². The van der Waals surface area contributed by atoms with Crippen LogP contribution >= 0.6 is 11.6 Å². The molecular formula is C37H42ClN3O4S. The maximum Gasteiger partial charge on any atom is 0.264 e. The summed E-state index contributed by atoms with van der Waals surface area (Å²) in [6.45, 7) is 7.31. The molecule has 4 rings (SSSR count). The first-order valence-electron chi connectivity index (χ1n) is 15.6. The predicted molar refractivity (Wildman–Crippen MR) is 185 cm³/mol. The molecule has 0 aliphatic carbocycles. The molecule has 0 fully saturated rings. The summed E-state index contributed by atoms with van der Waals surface area (Å²) in [6.07, 6.45) is 1.52. The van der Waals surface area contributed by atoms with Gasteiger partial charge in [0.1, 0.15) is 12.6 Å². The first-order chi connectivity index (χ1) is 22.0. The predicted octanol–water partition coefficient (Wildman–Crippen LogP) is 6.96. The van der Waals surface area contributed by atoms with Crippen molar-refractivity contribution in [2.24, 2.45) is 0 Å². The first-order valence-corrected chi connectivity index (χ1v) is 17.4. The molecule has 242 valence electrons. The minimum atomic E-state index is -4.17. The van der Waals surface area contributed by atoms with Crippen LogP contribution in [-0.4, -0.2) is 43.8 Å². The number of benzene rings is 4. The Bertz CT molecular complexity index is 1710. The van der Waals surface area contributed by atoms with E-state index in [1.807, 2.05) is 82.3 Å². The molecule has 7 nitrogen and oxygen atoms in total. The molecule has 0 bridgehead atoms. The Labute approximate surface area is 278 Å². The molecule has 1 N–H and O–H groups in total. The van der Waals surface area contributed by atoms with E-state index in [4.69, 9.17) is 11.6 Å². The Kier molecular flexibility index (Phi) is 12.0. The van der Waals surface area contributed by atoms with Gasteiger partial charge in [0.05, 0.1) is 10.6 Å². The van der Waals surface area contributed by atoms with E-state index in [2.05, 4.69) is 5.32 Å². The molecule has 0 spiro atoms. The highest BCUT2D eigenvalue weighted by Crippen LogP contribution is 2.29. The lowest BCUT2D eigenvalue weighted by molar-refractivity contribution is -0.140. The summed E-state index contributed by atoms with van der Waals surface area (Å²) < 4.78 is 29.8. The highest BCUT2D eigenvalue weighted by molar-refractivity contribution is 7.92. The summed E-state index contributed by atoms with van der Waals surface area (Å²) in [7, 11) is -4.17. The van der Waals surface area contributed by atoms with Crippen molar-refractivity contribution in [3.05, 3.63) is 130 Å². The summed E-state index contributed by atoms with van der Waals surface area (Å²) in [4.78, 5) is 30.2. The van der Waals surface area contributed by atoms with Crippen LogP contribution in [0.15, 0.2) is 108 Å². The van der Waals surface area contributed by atoms with Gasteiger partial charge in [-0.25, -0.2) is 8.42 Å².